The Labute approximate surface area is 137 Å². The van der Waals surface area contributed by atoms with Gasteiger partial charge in [0.1, 0.15) is 11.4 Å². The Bertz CT molecular complexity index is 737. The van der Waals surface area contributed by atoms with E-state index in [4.69, 9.17) is 0 Å². The highest BCUT2D eigenvalue weighted by molar-refractivity contribution is 9.10. The normalized spacial score (nSPS) is 22.5. The van der Waals surface area contributed by atoms with Gasteiger partial charge in [0.15, 0.2) is 5.65 Å². The summed E-state index contributed by atoms with van der Waals surface area (Å²) < 4.78 is 0.863. The first kappa shape index (κ1) is 15.3. The number of amides is 1. The van der Waals surface area contributed by atoms with Crippen molar-refractivity contribution in [3.05, 3.63) is 22.6 Å². The number of aromatic amines is 1. The average Bonchev–Trinajstić information content (AvgIpc) is 3.00. The summed E-state index contributed by atoms with van der Waals surface area (Å²) in [4.78, 5) is 25.5. The minimum Gasteiger partial charge on any atom is -0.465 e. The Morgan fingerprint density at radius 2 is 2.23 bits per heavy atom. The van der Waals surface area contributed by atoms with Crippen LogP contribution in [0, 0.1) is 5.41 Å². The van der Waals surface area contributed by atoms with Crippen LogP contribution in [0.2, 0.25) is 0 Å². The van der Waals surface area contributed by atoms with E-state index in [0.717, 1.165) is 22.8 Å². The quantitative estimate of drug-likeness (QED) is 0.805. The van der Waals surface area contributed by atoms with Gasteiger partial charge in [-0.2, -0.15) is 0 Å². The van der Waals surface area contributed by atoms with Crippen molar-refractivity contribution in [3.63, 3.8) is 0 Å². The molecule has 1 atom stereocenters. The molecule has 22 heavy (non-hydrogen) atoms. The molecule has 0 radical (unpaired) electrons. The van der Waals surface area contributed by atoms with Crippen LogP contribution in [0.15, 0.2) is 16.7 Å². The van der Waals surface area contributed by atoms with Crippen LogP contribution >= 0.6 is 15.9 Å². The molecule has 1 aliphatic heterocycles. The highest BCUT2D eigenvalue weighted by atomic mass is 79.9. The summed E-state index contributed by atoms with van der Waals surface area (Å²) in [5, 5.41) is 9.65. The van der Waals surface area contributed by atoms with E-state index in [9.17, 15) is 9.90 Å². The highest BCUT2D eigenvalue weighted by Gasteiger charge is 2.55. The monoisotopic (exact) mass is 366 g/mol. The molecule has 0 bridgehead atoms. The molecule has 1 fully saturated rings. The maximum atomic E-state index is 11.8. The van der Waals surface area contributed by atoms with Crippen molar-refractivity contribution in [3.8, 4) is 0 Å². The minimum atomic E-state index is -0.901. The largest absolute Gasteiger partial charge is 0.465 e. The fraction of sp³-hybridized carbons (Fsp3) is 0.533. The number of halogens is 1. The van der Waals surface area contributed by atoms with Crippen molar-refractivity contribution in [1.29, 1.82) is 0 Å². The lowest BCUT2D eigenvalue weighted by atomic mass is 9.71. The third-order valence-electron chi connectivity index (χ3n) is 4.55. The molecule has 118 valence electrons. The van der Waals surface area contributed by atoms with Crippen molar-refractivity contribution in [2.24, 2.45) is 5.41 Å². The van der Waals surface area contributed by atoms with Gasteiger partial charge in [-0.1, -0.05) is 20.8 Å². The Morgan fingerprint density at radius 3 is 2.86 bits per heavy atom. The molecule has 3 rings (SSSR count). The number of carbonyl (C=O) groups is 1. The molecule has 2 N–H and O–H groups in total. The molecular weight excluding hydrogens is 348 g/mol. The molecule has 0 aliphatic carbocycles. The number of likely N-dealkylation sites (tertiary alicyclic amines) is 1. The molecule has 1 aliphatic rings. The van der Waals surface area contributed by atoms with Crippen LogP contribution < -0.4 is 0 Å². The lowest BCUT2D eigenvalue weighted by Crippen LogP contribution is -2.53. The molecule has 1 amide bonds. The van der Waals surface area contributed by atoms with Crippen molar-refractivity contribution in [1.82, 2.24) is 19.9 Å². The van der Waals surface area contributed by atoms with E-state index in [0.29, 0.717) is 18.0 Å². The third-order valence-corrected chi connectivity index (χ3v) is 4.98. The van der Waals surface area contributed by atoms with Crippen LogP contribution in [0.1, 0.15) is 39.4 Å². The molecule has 0 saturated carbocycles. The number of nitrogens with zero attached hydrogens (tertiary/aromatic N) is 3. The van der Waals surface area contributed by atoms with Crippen molar-refractivity contribution in [2.75, 3.05) is 6.54 Å². The number of fused-ring (bicyclic) bond motifs is 1. The standard InChI is InChI=1S/C15H19BrN4O2/c1-14(2,3)15(5-4-6-20(15)13(21)22)12-18-10-7-9(16)8-17-11(10)19-12/h7-8H,4-6H2,1-3H3,(H,21,22)(H,17,18,19)/t15-/m1/s1. The fourth-order valence-corrected chi connectivity index (χ4v) is 3.86. The van der Waals surface area contributed by atoms with Crippen molar-refractivity contribution in [2.45, 2.75) is 39.2 Å². The number of hydrogen-bond acceptors (Lipinski definition) is 3. The summed E-state index contributed by atoms with van der Waals surface area (Å²) in [5.74, 6) is 0.681. The number of aromatic nitrogens is 3. The van der Waals surface area contributed by atoms with E-state index in [1.807, 2.05) is 6.07 Å². The minimum absolute atomic E-state index is 0.285. The molecule has 6 nitrogen and oxygen atoms in total. The van der Waals surface area contributed by atoms with E-state index in [2.05, 4.69) is 51.7 Å². The van der Waals surface area contributed by atoms with Crippen LogP contribution in [0.5, 0.6) is 0 Å². The van der Waals surface area contributed by atoms with E-state index < -0.39 is 11.6 Å². The lowest BCUT2D eigenvalue weighted by molar-refractivity contribution is 0.0218. The lowest BCUT2D eigenvalue weighted by Gasteiger charge is -2.45. The molecule has 7 heteroatoms. The number of nitrogens with one attached hydrogen (secondary N) is 1. The second-order valence-electron chi connectivity index (χ2n) is 6.76. The van der Waals surface area contributed by atoms with Gasteiger partial charge in [-0.25, -0.2) is 14.8 Å². The van der Waals surface area contributed by atoms with Gasteiger partial charge >= 0.3 is 6.09 Å². The second kappa shape index (κ2) is 4.94. The number of rotatable bonds is 1. The first-order valence-corrected chi connectivity index (χ1v) is 8.07. The van der Waals surface area contributed by atoms with Gasteiger partial charge in [0, 0.05) is 17.2 Å². The molecule has 2 aromatic rings. The topological polar surface area (TPSA) is 82.1 Å². The predicted molar refractivity (Wildman–Crippen MR) is 86.7 cm³/mol. The number of imidazole rings is 1. The zero-order valence-electron chi connectivity index (χ0n) is 12.9. The van der Waals surface area contributed by atoms with Crippen LogP contribution in [-0.2, 0) is 5.54 Å². The SMILES string of the molecule is CC(C)(C)[C@]1(c2nc3ncc(Br)cc3[nH]2)CCCN1C(=O)O. The maximum absolute atomic E-state index is 11.8. The van der Waals surface area contributed by atoms with Gasteiger partial charge < -0.3 is 10.1 Å². The van der Waals surface area contributed by atoms with Crippen molar-refractivity contribution < 1.29 is 9.90 Å². The summed E-state index contributed by atoms with van der Waals surface area (Å²) in [6.07, 6.45) is 2.38. The first-order valence-electron chi connectivity index (χ1n) is 7.28. The van der Waals surface area contributed by atoms with Gasteiger partial charge in [0.2, 0.25) is 0 Å². The number of pyridine rings is 1. The molecule has 0 spiro atoms. The van der Waals surface area contributed by atoms with E-state index >= 15 is 0 Å². The second-order valence-corrected chi connectivity index (χ2v) is 7.67. The predicted octanol–water partition coefficient (Wildman–Crippen LogP) is 3.74. The zero-order valence-corrected chi connectivity index (χ0v) is 14.4. The number of H-pyrrole nitrogens is 1. The molecule has 3 heterocycles. The molecule has 2 aromatic heterocycles. The van der Waals surface area contributed by atoms with Gasteiger partial charge in [-0.15, -0.1) is 0 Å². The van der Waals surface area contributed by atoms with E-state index in [1.165, 1.54) is 4.90 Å². The Morgan fingerprint density at radius 1 is 1.50 bits per heavy atom. The number of hydrogen-bond donors (Lipinski definition) is 2. The third kappa shape index (κ3) is 2.10. The summed E-state index contributed by atoms with van der Waals surface area (Å²) >= 11 is 3.40. The van der Waals surface area contributed by atoms with E-state index in [1.54, 1.807) is 6.20 Å². The van der Waals surface area contributed by atoms with Crippen LogP contribution in [0.4, 0.5) is 4.79 Å². The van der Waals surface area contributed by atoms with Gasteiger partial charge in [0.25, 0.3) is 0 Å². The fourth-order valence-electron chi connectivity index (χ4n) is 3.53. The maximum Gasteiger partial charge on any atom is 0.408 e. The van der Waals surface area contributed by atoms with Gasteiger partial charge in [-0.05, 0) is 40.3 Å². The summed E-state index contributed by atoms with van der Waals surface area (Å²) in [6, 6.07) is 1.91. The van der Waals surface area contributed by atoms with Gasteiger partial charge in [-0.3, -0.25) is 4.90 Å². The van der Waals surface area contributed by atoms with E-state index in [-0.39, 0.29) is 5.41 Å². The van der Waals surface area contributed by atoms with Crippen LogP contribution in [-0.4, -0.2) is 37.6 Å². The summed E-state index contributed by atoms with van der Waals surface area (Å²) in [5.41, 5.74) is 0.475. The molecular formula is C15H19BrN4O2. The molecule has 0 aromatic carbocycles. The van der Waals surface area contributed by atoms with Crippen molar-refractivity contribution >= 4 is 33.2 Å². The molecule has 0 unspecified atom stereocenters. The summed E-state index contributed by atoms with van der Waals surface area (Å²) in [6.45, 7) is 6.71. The zero-order chi connectivity index (χ0) is 16.1. The Balaban J connectivity index is 2.23. The van der Waals surface area contributed by atoms with Crippen LogP contribution in [0.25, 0.3) is 11.2 Å². The van der Waals surface area contributed by atoms with Crippen LogP contribution in [0.3, 0.4) is 0 Å². The highest BCUT2D eigenvalue weighted by Crippen LogP contribution is 2.50. The smallest absolute Gasteiger partial charge is 0.408 e. The molecule has 1 saturated heterocycles. The number of carboxylic acid groups (broad SMARTS) is 1. The first-order chi connectivity index (χ1) is 10.3. The van der Waals surface area contributed by atoms with Gasteiger partial charge in [0.05, 0.1) is 5.52 Å². The summed E-state index contributed by atoms with van der Waals surface area (Å²) in [7, 11) is 0. The average molecular weight is 367 g/mol. The Kier molecular flexibility index (Phi) is 3.43. The Hall–Kier alpha value is -1.63.